The molecule has 8 heteroatoms. The van der Waals surface area contributed by atoms with Crippen molar-refractivity contribution in [3.8, 4) is 5.69 Å². The Hall–Kier alpha value is -1.37. The summed E-state index contributed by atoms with van der Waals surface area (Å²) in [7, 11) is 0. The van der Waals surface area contributed by atoms with Crippen LogP contribution < -0.4 is 5.73 Å². The van der Waals surface area contributed by atoms with E-state index in [2.05, 4.69) is 5.10 Å². The second-order valence-electron chi connectivity index (χ2n) is 4.23. The van der Waals surface area contributed by atoms with E-state index in [0.29, 0.717) is 20.8 Å². The normalized spacial score (nSPS) is 10.8. The summed E-state index contributed by atoms with van der Waals surface area (Å²) in [6.45, 7) is 2.00. The molecule has 1 aromatic heterocycles. The van der Waals surface area contributed by atoms with Crippen LogP contribution in [-0.4, -0.2) is 26.6 Å². The molecule has 0 unspecified atom stereocenters. The molecule has 0 fully saturated rings. The number of nitrogens with two attached hydrogens (primary N) is 1. The molecule has 0 aliphatic heterocycles. The number of carboxylic acids is 1. The molecule has 21 heavy (non-hydrogen) atoms. The van der Waals surface area contributed by atoms with Crippen LogP contribution >= 0.6 is 35.0 Å². The van der Waals surface area contributed by atoms with Crippen molar-refractivity contribution in [2.75, 3.05) is 11.5 Å². The van der Waals surface area contributed by atoms with Crippen molar-refractivity contribution in [2.45, 2.75) is 18.4 Å². The molecular weight excluding hydrogens is 333 g/mol. The number of carbonyl (C=O) groups is 1. The Morgan fingerprint density at radius 3 is 2.76 bits per heavy atom. The first-order valence-corrected chi connectivity index (χ1v) is 7.89. The fourth-order valence-corrected chi connectivity index (χ4v) is 3.11. The van der Waals surface area contributed by atoms with Gasteiger partial charge in [0, 0.05) is 5.02 Å². The summed E-state index contributed by atoms with van der Waals surface area (Å²) in [6.07, 6.45) is 0.901. The molecule has 0 saturated carbocycles. The van der Waals surface area contributed by atoms with Crippen molar-refractivity contribution in [3.63, 3.8) is 0 Å². The van der Waals surface area contributed by atoms with E-state index in [9.17, 15) is 9.90 Å². The van der Waals surface area contributed by atoms with Crippen LogP contribution in [0.2, 0.25) is 10.0 Å². The zero-order valence-corrected chi connectivity index (χ0v) is 13.5. The molecule has 0 atom stereocenters. The summed E-state index contributed by atoms with van der Waals surface area (Å²) in [5.41, 5.74) is 6.42. The predicted molar refractivity (Wildman–Crippen MR) is 86.0 cm³/mol. The average molecular weight is 346 g/mol. The second kappa shape index (κ2) is 6.60. The lowest BCUT2D eigenvalue weighted by Gasteiger charge is -2.06. The number of aromatic carboxylic acids is 1. The molecule has 2 aromatic rings. The van der Waals surface area contributed by atoms with Gasteiger partial charge in [-0.2, -0.15) is 5.10 Å². The molecular formula is C13H13Cl2N3O2S. The quantitative estimate of drug-likeness (QED) is 0.801. The third-order valence-electron chi connectivity index (χ3n) is 2.68. The summed E-state index contributed by atoms with van der Waals surface area (Å²) in [5.74, 6) is -0.307. The fraction of sp³-hybridized carbons (Fsp3) is 0.231. The van der Waals surface area contributed by atoms with Crippen molar-refractivity contribution < 1.29 is 9.90 Å². The standard InChI is InChI=1S/C13H13Cl2N3O2S/c1-2-5-21-12-10(13(19)20)11(16)18(17-12)9-4-3-7(14)6-8(9)15/h3-4,6H,2,5,16H2,1H3,(H,19,20). The molecule has 0 spiro atoms. The summed E-state index contributed by atoms with van der Waals surface area (Å²) in [4.78, 5) is 11.4. The van der Waals surface area contributed by atoms with Crippen molar-refractivity contribution in [2.24, 2.45) is 0 Å². The van der Waals surface area contributed by atoms with Crippen molar-refractivity contribution in [1.29, 1.82) is 0 Å². The zero-order chi connectivity index (χ0) is 15.6. The molecule has 0 amide bonds. The molecule has 0 aliphatic rings. The zero-order valence-electron chi connectivity index (χ0n) is 11.1. The van der Waals surface area contributed by atoms with Gasteiger partial charge in [-0.1, -0.05) is 30.1 Å². The highest BCUT2D eigenvalue weighted by Gasteiger charge is 2.23. The predicted octanol–water partition coefficient (Wildman–Crippen LogP) is 3.96. The molecule has 1 aromatic carbocycles. The number of anilines is 1. The van der Waals surface area contributed by atoms with Crippen LogP contribution in [0.5, 0.6) is 0 Å². The maximum atomic E-state index is 11.4. The average Bonchev–Trinajstić information content (AvgIpc) is 2.73. The van der Waals surface area contributed by atoms with Gasteiger partial charge in [0.05, 0.1) is 10.7 Å². The highest BCUT2D eigenvalue weighted by Crippen LogP contribution is 2.32. The number of rotatable bonds is 5. The molecule has 0 aliphatic carbocycles. The molecule has 2 rings (SSSR count). The lowest BCUT2D eigenvalue weighted by molar-refractivity contribution is 0.0694. The molecule has 0 saturated heterocycles. The minimum absolute atomic E-state index is 0.000494. The first kappa shape index (κ1) is 16.0. The smallest absolute Gasteiger partial charge is 0.342 e. The van der Waals surface area contributed by atoms with Crippen LogP contribution in [0.15, 0.2) is 23.2 Å². The molecule has 1 heterocycles. The minimum atomic E-state index is -1.11. The van der Waals surface area contributed by atoms with Gasteiger partial charge in [0.2, 0.25) is 0 Å². The third kappa shape index (κ3) is 3.28. The van der Waals surface area contributed by atoms with E-state index in [1.165, 1.54) is 16.4 Å². The Labute approximate surface area is 136 Å². The summed E-state index contributed by atoms with van der Waals surface area (Å²) < 4.78 is 1.33. The van der Waals surface area contributed by atoms with Gasteiger partial charge >= 0.3 is 5.97 Å². The number of hydrogen-bond donors (Lipinski definition) is 2. The number of aromatic nitrogens is 2. The van der Waals surface area contributed by atoms with Gasteiger partial charge in [0.15, 0.2) is 0 Å². The Bertz CT molecular complexity index is 688. The van der Waals surface area contributed by atoms with E-state index >= 15 is 0 Å². The SMILES string of the molecule is CCCSc1nn(-c2ccc(Cl)cc2Cl)c(N)c1C(=O)O. The van der Waals surface area contributed by atoms with Crippen LogP contribution in [0, 0.1) is 0 Å². The number of nitrogens with zero attached hydrogens (tertiary/aromatic N) is 2. The first-order valence-electron chi connectivity index (χ1n) is 6.15. The molecule has 5 nitrogen and oxygen atoms in total. The van der Waals surface area contributed by atoms with Crippen LogP contribution in [-0.2, 0) is 0 Å². The number of nitrogen functional groups attached to an aromatic ring is 1. The Balaban J connectivity index is 2.56. The van der Waals surface area contributed by atoms with E-state index in [1.807, 2.05) is 6.92 Å². The highest BCUT2D eigenvalue weighted by atomic mass is 35.5. The number of halogens is 2. The monoisotopic (exact) mass is 345 g/mol. The Morgan fingerprint density at radius 1 is 1.48 bits per heavy atom. The summed E-state index contributed by atoms with van der Waals surface area (Å²) in [5, 5.41) is 14.8. The topological polar surface area (TPSA) is 81.1 Å². The van der Waals surface area contributed by atoms with Crippen LogP contribution in [0.3, 0.4) is 0 Å². The summed E-state index contributed by atoms with van der Waals surface area (Å²) >= 11 is 13.3. The molecule has 112 valence electrons. The van der Waals surface area contributed by atoms with Gasteiger partial charge in [-0.05, 0) is 30.4 Å². The van der Waals surface area contributed by atoms with Crippen LogP contribution in [0.25, 0.3) is 5.69 Å². The van der Waals surface area contributed by atoms with E-state index < -0.39 is 5.97 Å². The number of benzene rings is 1. The Morgan fingerprint density at radius 2 is 2.19 bits per heavy atom. The van der Waals surface area contributed by atoms with Gasteiger partial charge in [0.25, 0.3) is 0 Å². The van der Waals surface area contributed by atoms with Crippen molar-refractivity contribution >= 4 is 46.8 Å². The Kier molecular flexibility index (Phi) is 5.03. The van der Waals surface area contributed by atoms with E-state index in [1.54, 1.807) is 18.2 Å². The van der Waals surface area contributed by atoms with Gasteiger partial charge in [-0.15, -0.1) is 11.8 Å². The molecule has 0 radical (unpaired) electrons. The van der Waals surface area contributed by atoms with Crippen LogP contribution in [0.1, 0.15) is 23.7 Å². The van der Waals surface area contributed by atoms with Crippen LogP contribution in [0.4, 0.5) is 5.82 Å². The molecule has 0 bridgehead atoms. The van der Waals surface area contributed by atoms with E-state index in [0.717, 1.165) is 12.2 Å². The van der Waals surface area contributed by atoms with Gasteiger partial charge < -0.3 is 10.8 Å². The maximum Gasteiger partial charge on any atom is 0.342 e. The summed E-state index contributed by atoms with van der Waals surface area (Å²) in [6, 6.07) is 4.84. The lowest BCUT2D eigenvalue weighted by Crippen LogP contribution is -2.06. The van der Waals surface area contributed by atoms with Gasteiger partial charge in [-0.25, -0.2) is 9.48 Å². The van der Waals surface area contributed by atoms with Crippen molar-refractivity contribution in [1.82, 2.24) is 9.78 Å². The number of thioether (sulfide) groups is 1. The second-order valence-corrected chi connectivity index (χ2v) is 6.15. The number of carboxylic acid groups (broad SMARTS) is 1. The highest BCUT2D eigenvalue weighted by molar-refractivity contribution is 7.99. The maximum absolute atomic E-state index is 11.4. The van der Waals surface area contributed by atoms with Crippen molar-refractivity contribution in [3.05, 3.63) is 33.8 Å². The minimum Gasteiger partial charge on any atom is -0.477 e. The van der Waals surface area contributed by atoms with E-state index in [4.69, 9.17) is 28.9 Å². The van der Waals surface area contributed by atoms with Gasteiger partial charge in [-0.3, -0.25) is 0 Å². The fourth-order valence-electron chi connectivity index (χ4n) is 1.75. The van der Waals surface area contributed by atoms with E-state index in [-0.39, 0.29) is 11.4 Å². The third-order valence-corrected chi connectivity index (χ3v) is 4.39. The lowest BCUT2D eigenvalue weighted by atomic mass is 10.3. The first-order chi connectivity index (χ1) is 9.95. The number of hydrogen-bond acceptors (Lipinski definition) is 4. The molecule has 3 N–H and O–H groups in total. The van der Waals surface area contributed by atoms with Gasteiger partial charge in [0.1, 0.15) is 16.4 Å². The largest absolute Gasteiger partial charge is 0.477 e.